The Hall–Kier alpha value is -0.540. The molecule has 2 atom stereocenters. The molecule has 0 bridgehead atoms. The van der Waals surface area contributed by atoms with Crippen LogP contribution in [0.15, 0.2) is 24.3 Å². The molecule has 0 spiro atoms. The van der Waals surface area contributed by atoms with Crippen molar-refractivity contribution in [1.82, 2.24) is 5.32 Å². The van der Waals surface area contributed by atoms with Crippen molar-refractivity contribution in [2.75, 3.05) is 12.8 Å². The number of rotatable bonds is 3. The fourth-order valence-electron chi connectivity index (χ4n) is 2.13. The zero-order valence-electron chi connectivity index (χ0n) is 8.87. The Morgan fingerprint density at radius 3 is 2.87 bits per heavy atom. The van der Waals surface area contributed by atoms with Crippen molar-refractivity contribution in [2.45, 2.75) is 24.1 Å². The summed E-state index contributed by atoms with van der Waals surface area (Å²) in [6, 6.07) is 7.23. The topological polar surface area (TPSA) is 12.0 Å². The lowest BCUT2D eigenvalue weighted by Gasteiger charge is -2.23. The van der Waals surface area contributed by atoms with E-state index in [-0.39, 0.29) is 11.9 Å². The van der Waals surface area contributed by atoms with Gasteiger partial charge in [-0.25, -0.2) is 4.39 Å². The Morgan fingerprint density at radius 1 is 1.47 bits per heavy atom. The Morgan fingerprint density at radius 2 is 2.27 bits per heavy atom. The monoisotopic (exact) mass is 225 g/mol. The largest absolute Gasteiger partial charge is 0.312 e. The molecule has 1 fully saturated rings. The van der Waals surface area contributed by atoms with E-state index in [1.54, 1.807) is 12.1 Å². The minimum Gasteiger partial charge on any atom is -0.312 e. The van der Waals surface area contributed by atoms with Crippen LogP contribution in [0.3, 0.4) is 0 Å². The maximum atomic E-state index is 13.6. The van der Waals surface area contributed by atoms with Gasteiger partial charge < -0.3 is 5.32 Å². The predicted molar refractivity (Wildman–Crippen MR) is 63.7 cm³/mol. The third-order valence-corrected chi connectivity index (χ3v) is 4.35. The predicted octanol–water partition coefficient (Wildman–Crippen LogP) is 2.98. The van der Waals surface area contributed by atoms with Gasteiger partial charge >= 0.3 is 0 Å². The van der Waals surface area contributed by atoms with Crippen LogP contribution < -0.4 is 5.32 Å². The quantitative estimate of drug-likeness (QED) is 0.848. The van der Waals surface area contributed by atoms with Crippen molar-refractivity contribution < 1.29 is 4.39 Å². The molecule has 2 unspecified atom stereocenters. The van der Waals surface area contributed by atoms with E-state index in [2.05, 4.69) is 5.32 Å². The summed E-state index contributed by atoms with van der Waals surface area (Å²) in [5, 5.41) is 3.76. The first-order valence-electron chi connectivity index (χ1n) is 5.36. The van der Waals surface area contributed by atoms with Gasteiger partial charge in [-0.2, -0.15) is 11.8 Å². The van der Waals surface area contributed by atoms with Crippen molar-refractivity contribution in [3.8, 4) is 0 Å². The van der Waals surface area contributed by atoms with Gasteiger partial charge in [-0.3, -0.25) is 0 Å². The van der Waals surface area contributed by atoms with Crippen LogP contribution in [0.5, 0.6) is 0 Å². The van der Waals surface area contributed by atoms with Crippen LogP contribution in [-0.2, 0) is 0 Å². The van der Waals surface area contributed by atoms with Gasteiger partial charge in [0.2, 0.25) is 0 Å². The smallest absolute Gasteiger partial charge is 0.128 e. The van der Waals surface area contributed by atoms with Crippen LogP contribution in [0.1, 0.15) is 24.4 Å². The maximum absolute atomic E-state index is 13.6. The molecule has 1 heterocycles. The molecule has 1 nitrogen and oxygen atoms in total. The van der Waals surface area contributed by atoms with Gasteiger partial charge in [0.05, 0.1) is 0 Å². The van der Waals surface area contributed by atoms with Crippen LogP contribution >= 0.6 is 11.8 Å². The maximum Gasteiger partial charge on any atom is 0.128 e. The van der Waals surface area contributed by atoms with Crippen molar-refractivity contribution in [2.24, 2.45) is 0 Å². The second-order valence-electron chi connectivity index (χ2n) is 3.84. The molecular weight excluding hydrogens is 209 g/mol. The van der Waals surface area contributed by atoms with Crippen molar-refractivity contribution in [3.05, 3.63) is 35.6 Å². The van der Waals surface area contributed by atoms with E-state index in [4.69, 9.17) is 0 Å². The fourth-order valence-corrected chi connectivity index (χ4v) is 3.58. The van der Waals surface area contributed by atoms with E-state index >= 15 is 0 Å². The highest BCUT2D eigenvalue weighted by molar-refractivity contribution is 8.00. The van der Waals surface area contributed by atoms with E-state index in [0.29, 0.717) is 5.25 Å². The highest BCUT2D eigenvalue weighted by atomic mass is 32.2. The molecule has 1 aliphatic rings. The fraction of sp³-hybridized carbons (Fsp3) is 0.500. The summed E-state index contributed by atoms with van der Waals surface area (Å²) in [6.07, 6.45) is 2.44. The molecule has 1 aliphatic heterocycles. The first kappa shape index (κ1) is 11.0. The van der Waals surface area contributed by atoms with Crippen molar-refractivity contribution in [3.63, 3.8) is 0 Å². The Balaban J connectivity index is 2.22. The van der Waals surface area contributed by atoms with Crippen molar-refractivity contribution in [1.29, 1.82) is 0 Å². The summed E-state index contributed by atoms with van der Waals surface area (Å²) in [5.74, 6) is 1.11. The third kappa shape index (κ3) is 2.34. The number of thioether (sulfide) groups is 1. The number of benzene rings is 1. The van der Waals surface area contributed by atoms with Gasteiger partial charge in [-0.05, 0) is 31.7 Å². The Labute approximate surface area is 94.5 Å². The summed E-state index contributed by atoms with van der Waals surface area (Å²) >= 11 is 1.95. The van der Waals surface area contributed by atoms with E-state index in [1.165, 1.54) is 18.6 Å². The molecule has 1 N–H and O–H groups in total. The molecule has 82 valence electrons. The van der Waals surface area contributed by atoms with Gasteiger partial charge in [0.1, 0.15) is 5.82 Å². The minimum atomic E-state index is -0.0932. The minimum absolute atomic E-state index is 0.0932. The number of hydrogen-bond donors (Lipinski definition) is 1. The van der Waals surface area contributed by atoms with Gasteiger partial charge in [0.25, 0.3) is 0 Å². The normalized spacial score (nSPS) is 22.9. The van der Waals surface area contributed by atoms with Crippen LogP contribution in [-0.4, -0.2) is 18.1 Å². The molecule has 0 aliphatic carbocycles. The Bertz CT molecular complexity index is 323. The molecule has 1 saturated heterocycles. The van der Waals surface area contributed by atoms with E-state index < -0.39 is 0 Å². The second kappa shape index (κ2) is 4.99. The molecule has 0 aromatic heterocycles. The molecule has 1 aromatic carbocycles. The Kier molecular flexibility index (Phi) is 3.65. The van der Waals surface area contributed by atoms with Gasteiger partial charge in [0.15, 0.2) is 0 Å². The zero-order valence-corrected chi connectivity index (χ0v) is 9.69. The van der Waals surface area contributed by atoms with Crippen LogP contribution in [0.2, 0.25) is 0 Å². The molecule has 3 heteroatoms. The summed E-state index contributed by atoms with van der Waals surface area (Å²) in [5.41, 5.74) is 0.805. The van der Waals surface area contributed by atoms with Gasteiger partial charge in [-0.15, -0.1) is 0 Å². The summed E-state index contributed by atoms with van der Waals surface area (Å²) in [6.45, 7) is 0. The standard InChI is InChI=1S/C12H16FNS/c1-14-12(11-7-4-8-15-11)9-5-2-3-6-10(9)13/h2-3,5-6,11-12,14H,4,7-8H2,1H3. The summed E-state index contributed by atoms with van der Waals surface area (Å²) in [4.78, 5) is 0. The number of halogens is 1. The molecule has 0 radical (unpaired) electrons. The van der Waals surface area contributed by atoms with E-state index in [1.807, 2.05) is 30.9 Å². The SMILES string of the molecule is CNC(c1ccccc1F)C1CCCS1. The average Bonchev–Trinajstić information content (AvgIpc) is 2.75. The highest BCUT2D eigenvalue weighted by Crippen LogP contribution is 2.36. The van der Waals surface area contributed by atoms with Crippen LogP contribution in [0.25, 0.3) is 0 Å². The average molecular weight is 225 g/mol. The van der Waals surface area contributed by atoms with E-state index in [0.717, 1.165) is 5.56 Å². The molecule has 15 heavy (non-hydrogen) atoms. The lowest BCUT2D eigenvalue weighted by molar-refractivity contribution is 0.512. The number of hydrogen-bond acceptors (Lipinski definition) is 2. The molecule has 2 rings (SSSR count). The van der Waals surface area contributed by atoms with Crippen LogP contribution in [0.4, 0.5) is 4.39 Å². The second-order valence-corrected chi connectivity index (χ2v) is 5.19. The van der Waals surface area contributed by atoms with Crippen LogP contribution in [0, 0.1) is 5.82 Å². The van der Waals surface area contributed by atoms with Gasteiger partial charge in [-0.1, -0.05) is 18.2 Å². The molecule has 0 amide bonds. The first-order chi connectivity index (χ1) is 7.33. The highest BCUT2D eigenvalue weighted by Gasteiger charge is 2.27. The molecule has 0 saturated carbocycles. The third-order valence-electron chi connectivity index (χ3n) is 2.89. The lowest BCUT2D eigenvalue weighted by atomic mass is 10.0. The lowest BCUT2D eigenvalue weighted by Crippen LogP contribution is -2.26. The zero-order chi connectivity index (χ0) is 10.7. The van der Waals surface area contributed by atoms with E-state index in [9.17, 15) is 4.39 Å². The number of nitrogens with one attached hydrogen (secondary N) is 1. The summed E-state index contributed by atoms with van der Waals surface area (Å²) in [7, 11) is 1.91. The first-order valence-corrected chi connectivity index (χ1v) is 6.41. The van der Waals surface area contributed by atoms with Gasteiger partial charge in [0, 0.05) is 16.9 Å². The van der Waals surface area contributed by atoms with Crippen molar-refractivity contribution >= 4 is 11.8 Å². The molecular formula is C12H16FNS. The molecule has 1 aromatic rings. The summed E-state index contributed by atoms with van der Waals surface area (Å²) < 4.78 is 13.6.